The average molecular weight is 511 g/mol. The van der Waals surface area contributed by atoms with E-state index < -0.39 is 0 Å². The van der Waals surface area contributed by atoms with Crippen molar-refractivity contribution in [1.29, 1.82) is 0 Å². The molecule has 0 bridgehead atoms. The number of amides is 2. The quantitative estimate of drug-likeness (QED) is 0.356. The molecule has 0 spiro atoms. The fourth-order valence-electron chi connectivity index (χ4n) is 4.80. The van der Waals surface area contributed by atoms with Crippen molar-refractivity contribution in [3.05, 3.63) is 89.5 Å². The zero-order valence-electron chi connectivity index (χ0n) is 20.7. The molecule has 6 rings (SSSR count). The Hall–Kier alpha value is -3.55. The molecule has 0 unspecified atom stereocenters. The topological polar surface area (TPSA) is 74.3 Å². The summed E-state index contributed by atoms with van der Waals surface area (Å²) in [5.74, 6) is -0.0414. The van der Waals surface area contributed by atoms with Gasteiger partial charge in [-0.3, -0.25) is 14.5 Å². The van der Waals surface area contributed by atoms with Crippen LogP contribution in [0.5, 0.6) is 0 Å². The molecule has 2 fully saturated rings. The van der Waals surface area contributed by atoms with Gasteiger partial charge in [-0.15, -0.1) is 11.3 Å². The molecule has 1 aromatic heterocycles. The van der Waals surface area contributed by atoms with E-state index in [2.05, 4.69) is 39.8 Å². The number of carbonyl (C=O) groups is 2. The molecule has 4 aromatic rings. The van der Waals surface area contributed by atoms with E-state index in [1.165, 1.54) is 5.56 Å². The summed E-state index contributed by atoms with van der Waals surface area (Å²) < 4.78 is 0.982. The molecular formula is C30H30N4O2S. The molecule has 1 saturated heterocycles. The van der Waals surface area contributed by atoms with Gasteiger partial charge in [-0.2, -0.15) is 0 Å². The summed E-state index contributed by atoms with van der Waals surface area (Å²) in [6, 6.07) is 24.4. The van der Waals surface area contributed by atoms with Crippen molar-refractivity contribution in [2.45, 2.75) is 44.3 Å². The van der Waals surface area contributed by atoms with Crippen molar-refractivity contribution < 1.29 is 9.59 Å². The number of hydrogen-bond acceptors (Lipinski definition) is 5. The summed E-state index contributed by atoms with van der Waals surface area (Å²) in [5.41, 5.74) is 4.51. The van der Waals surface area contributed by atoms with Crippen LogP contribution in [0, 0.1) is 0 Å². The average Bonchev–Trinajstić information content (AvgIpc) is 3.64. The number of hydrogen-bond donors (Lipinski definition) is 2. The van der Waals surface area contributed by atoms with Crippen molar-refractivity contribution in [3.63, 3.8) is 0 Å². The minimum Gasteiger partial charge on any atom is -0.349 e. The van der Waals surface area contributed by atoms with Gasteiger partial charge in [0.25, 0.3) is 11.8 Å². The summed E-state index contributed by atoms with van der Waals surface area (Å²) in [4.78, 5) is 32.5. The highest BCUT2D eigenvalue weighted by atomic mass is 32.1. The molecule has 188 valence electrons. The van der Waals surface area contributed by atoms with E-state index in [1.54, 1.807) is 11.3 Å². The van der Waals surface area contributed by atoms with Crippen LogP contribution in [0.3, 0.4) is 0 Å². The normalized spacial score (nSPS) is 16.5. The molecule has 1 aliphatic heterocycles. The maximum absolute atomic E-state index is 13.0. The van der Waals surface area contributed by atoms with Gasteiger partial charge in [0.05, 0.1) is 10.2 Å². The Labute approximate surface area is 220 Å². The molecule has 0 atom stereocenters. The van der Waals surface area contributed by atoms with Gasteiger partial charge in [-0.05, 0) is 61.6 Å². The Morgan fingerprint density at radius 2 is 1.46 bits per heavy atom. The molecule has 7 heteroatoms. The Morgan fingerprint density at radius 3 is 2.16 bits per heavy atom. The van der Waals surface area contributed by atoms with Crippen LogP contribution in [0.15, 0.2) is 72.8 Å². The zero-order valence-corrected chi connectivity index (χ0v) is 21.5. The van der Waals surface area contributed by atoms with Crippen molar-refractivity contribution in [2.24, 2.45) is 0 Å². The lowest BCUT2D eigenvalue weighted by Gasteiger charge is -2.32. The smallest absolute Gasteiger partial charge is 0.251 e. The van der Waals surface area contributed by atoms with Crippen LogP contribution in [0.4, 0.5) is 0 Å². The third kappa shape index (κ3) is 5.73. The van der Waals surface area contributed by atoms with Gasteiger partial charge in [-0.1, -0.05) is 42.5 Å². The standard InChI is InChI=1S/C30H30N4O2S/c35-28(31-24-11-12-24)21-6-8-22(9-7-21)30-33-26-13-10-23(18-27(26)37-30)29(36)32-25-14-16-34(17-15-25)19-20-4-2-1-3-5-20/h1-10,13,18,24-25H,11-12,14-17,19H2,(H,31,35)(H,32,36). The predicted molar refractivity (Wildman–Crippen MR) is 148 cm³/mol. The van der Waals surface area contributed by atoms with Crippen LogP contribution < -0.4 is 10.6 Å². The number of fused-ring (bicyclic) bond motifs is 1. The minimum absolute atomic E-state index is 0.0177. The molecule has 37 heavy (non-hydrogen) atoms. The second-order valence-corrected chi connectivity index (χ2v) is 11.1. The first-order valence-electron chi connectivity index (χ1n) is 13.0. The lowest BCUT2D eigenvalue weighted by Crippen LogP contribution is -2.44. The number of thiazole rings is 1. The lowest BCUT2D eigenvalue weighted by atomic mass is 10.0. The highest BCUT2D eigenvalue weighted by Crippen LogP contribution is 2.31. The number of likely N-dealkylation sites (tertiary alicyclic amines) is 1. The van der Waals surface area contributed by atoms with Crippen LogP contribution in [0.25, 0.3) is 20.8 Å². The largest absolute Gasteiger partial charge is 0.349 e. The Kier molecular flexibility index (Phi) is 6.72. The minimum atomic E-state index is -0.0237. The van der Waals surface area contributed by atoms with Crippen LogP contribution >= 0.6 is 11.3 Å². The maximum atomic E-state index is 13.0. The molecule has 2 aliphatic rings. The van der Waals surface area contributed by atoms with Crippen LogP contribution in [-0.4, -0.2) is 46.9 Å². The maximum Gasteiger partial charge on any atom is 0.251 e. The Balaban J connectivity index is 1.07. The highest BCUT2D eigenvalue weighted by Gasteiger charge is 2.24. The van der Waals surface area contributed by atoms with Crippen molar-refractivity contribution in [1.82, 2.24) is 20.5 Å². The molecule has 3 aromatic carbocycles. The highest BCUT2D eigenvalue weighted by molar-refractivity contribution is 7.21. The molecule has 2 N–H and O–H groups in total. The summed E-state index contributed by atoms with van der Waals surface area (Å²) in [6.45, 7) is 2.93. The summed E-state index contributed by atoms with van der Waals surface area (Å²) in [5, 5.41) is 7.14. The number of benzene rings is 3. The van der Waals surface area contributed by atoms with Crippen molar-refractivity contribution in [2.75, 3.05) is 13.1 Å². The summed E-state index contributed by atoms with van der Waals surface area (Å²) in [6.07, 6.45) is 4.06. The van der Waals surface area contributed by atoms with Crippen molar-refractivity contribution >= 4 is 33.4 Å². The van der Waals surface area contributed by atoms with Crippen LogP contribution in [0.1, 0.15) is 52.0 Å². The SMILES string of the molecule is O=C(NC1CC1)c1ccc(-c2nc3ccc(C(=O)NC4CCN(Cc5ccccc5)CC4)cc3s2)cc1. The monoisotopic (exact) mass is 510 g/mol. The third-order valence-corrected chi connectivity index (χ3v) is 8.20. The number of nitrogens with one attached hydrogen (secondary N) is 2. The molecule has 1 aliphatic carbocycles. The van der Waals surface area contributed by atoms with E-state index in [0.29, 0.717) is 17.2 Å². The van der Waals surface area contributed by atoms with E-state index in [1.807, 2.05) is 48.5 Å². The first kappa shape index (κ1) is 23.8. The second kappa shape index (κ2) is 10.4. The van der Waals surface area contributed by atoms with E-state index >= 15 is 0 Å². The second-order valence-electron chi connectivity index (χ2n) is 10.0. The third-order valence-electron chi connectivity index (χ3n) is 7.13. The number of carbonyl (C=O) groups excluding carboxylic acids is 2. The van der Waals surface area contributed by atoms with Gasteiger partial charge in [0.15, 0.2) is 0 Å². The lowest BCUT2D eigenvalue weighted by molar-refractivity contribution is 0.0907. The van der Waals surface area contributed by atoms with E-state index in [4.69, 9.17) is 4.98 Å². The van der Waals surface area contributed by atoms with E-state index in [9.17, 15) is 9.59 Å². The summed E-state index contributed by atoms with van der Waals surface area (Å²) >= 11 is 1.57. The van der Waals surface area contributed by atoms with Gasteiger partial charge >= 0.3 is 0 Å². The predicted octanol–water partition coefficient (Wildman–Crippen LogP) is 5.25. The molecule has 0 radical (unpaired) electrons. The number of piperidine rings is 1. The first-order chi connectivity index (χ1) is 18.1. The van der Waals surface area contributed by atoms with Gasteiger partial charge in [0, 0.05) is 48.4 Å². The molecule has 1 saturated carbocycles. The van der Waals surface area contributed by atoms with Gasteiger partial charge in [0.1, 0.15) is 5.01 Å². The van der Waals surface area contributed by atoms with E-state index in [0.717, 1.165) is 66.1 Å². The first-order valence-corrected chi connectivity index (χ1v) is 13.8. The Bertz CT molecular complexity index is 1400. The van der Waals surface area contributed by atoms with Gasteiger partial charge in [0.2, 0.25) is 0 Å². The zero-order chi connectivity index (χ0) is 25.2. The van der Waals surface area contributed by atoms with E-state index in [-0.39, 0.29) is 17.9 Å². The van der Waals surface area contributed by atoms with Crippen LogP contribution in [-0.2, 0) is 6.54 Å². The fourth-order valence-corrected chi connectivity index (χ4v) is 5.81. The van der Waals surface area contributed by atoms with Gasteiger partial charge in [-0.25, -0.2) is 4.98 Å². The van der Waals surface area contributed by atoms with Crippen LogP contribution in [0.2, 0.25) is 0 Å². The summed E-state index contributed by atoms with van der Waals surface area (Å²) in [7, 11) is 0. The Morgan fingerprint density at radius 1 is 0.811 bits per heavy atom. The molecule has 6 nitrogen and oxygen atoms in total. The number of rotatable bonds is 7. The molecule has 2 amide bonds. The number of aromatic nitrogens is 1. The number of nitrogens with zero attached hydrogens (tertiary/aromatic N) is 2. The fraction of sp³-hybridized carbons (Fsp3) is 0.300. The molecule has 2 heterocycles. The van der Waals surface area contributed by atoms with Crippen molar-refractivity contribution in [3.8, 4) is 10.6 Å². The molecular weight excluding hydrogens is 480 g/mol. The van der Waals surface area contributed by atoms with Gasteiger partial charge < -0.3 is 10.6 Å².